The summed E-state index contributed by atoms with van der Waals surface area (Å²) in [5.74, 6) is 0.828. The maximum absolute atomic E-state index is 11.8. The van der Waals surface area contributed by atoms with E-state index in [-0.39, 0.29) is 29.3 Å². The molecule has 2 fully saturated rings. The highest BCUT2D eigenvalue weighted by Crippen LogP contribution is 2.40. The van der Waals surface area contributed by atoms with Crippen molar-refractivity contribution in [3.05, 3.63) is 12.8 Å². The lowest BCUT2D eigenvalue weighted by Gasteiger charge is -2.16. The lowest BCUT2D eigenvalue weighted by atomic mass is 9.84. The second kappa shape index (κ2) is 3.48. The molecule has 2 radical (unpaired) electrons. The van der Waals surface area contributed by atoms with Gasteiger partial charge in [-0.1, -0.05) is 6.92 Å². The molecule has 14 heavy (non-hydrogen) atoms. The van der Waals surface area contributed by atoms with Crippen molar-refractivity contribution in [2.75, 3.05) is 0 Å². The molecule has 0 bridgehead atoms. The van der Waals surface area contributed by atoms with Crippen LogP contribution in [0.15, 0.2) is 0 Å². The predicted octanol–water partition coefficient (Wildman–Crippen LogP) is 1.99. The summed E-state index contributed by atoms with van der Waals surface area (Å²) >= 11 is 0. The molecule has 2 rings (SSSR count). The van der Waals surface area contributed by atoms with E-state index >= 15 is 0 Å². The molecule has 0 aromatic rings. The Kier molecular flexibility index (Phi) is 2.46. The molecule has 0 aromatic carbocycles. The number of rotatable bonds is 5. The van der Waals surface area contributed by atoms with Crippen LogP contribution in [0.3, 0.4) is 0 Å². The Morgan fingerprint density at radius 3 is 1.64 bits per heavy atom. The summed E-state index contributed by atoms with van der Waals surface area (Å²) in [5.41, 5.74) is 0. The van der Waals surface area contributed by atoms with Crippen LogP contribution in [0.25, 0.3) is 0 Å². The summed E-state index contributed by atoms with van der Waals surface area (Å²) in [7, 11) is 0. The Bertz CT molecular complexity index is 235. The van der Waals surface area contributed by atoms with Crippen molar-refractivity contribution in [2.45, 2.75) is 32.6 Å². The highest BCUT2D eigenvalue weighted by atomic mass is 16.2. The summed E-state index contributed by atoms with van der Waals surface area (Å²) in [5, 5.41) is 0. The van der Waals surface area contributed by atoms with Gasteiger partial charge in [0.15, 0.2) is 11.6 Å². The lowest BCUT2D eigenvalue weighted by Crippen LogP contribution is -2.29. The minimum atomic E-state index is -0.142. The van der Waals surface area contributed by atoms with E-state index in [2.05, 4.69) is 6.92 Å². The van der Waals surface area contributed by atoms with Gasteiger partial charge in [-0.2, -0.15) is 0 Å². The second-order valence-electron chi connectivity index (χ2n) is 4.59. The maximum atomic E-state index is 11.8. The smallest absolute Gasteiger partial charge is 0.151 e. The first-order valence-electron chi connectivity index (χ1n) is 5.39. The molecule has 2 aliphatic rings. The number of carbonyl (C=O) groups is 2. The van der Waals surface area contributed by atoms with Gasteiger partial charge in [0.25, 0.3) is 0 Å². The van der Waals surface area contributed by atoms with Crippen LogP contribution in [0.5, 0.6) is 0 Å². The Hall–Kier alpha value is -0.660. The third-order valence-corrected chi connectivity index (χ3v) is 2.92. The van der Waals surface area contributed by atoms with Gasteiger partial charge in [-0.25, -0.2) is 0 Å². The third-order valence-electron chi connectivity index (χ3n) is 2.92. The number of hydrogen-bond donors (Lipinski definition) is 0. The molecule has 2 aliphatic carbocycles. The van der Waals surface area contributed by atoms with Crippen LogP contribution in [-0.4, -0.2) is 11.6 Å². The normalized spacial score (nSPS) is 21.7. The Balaban J connectivity index is 2.05. The average Bonchev–Trinajstić information content (AvgIpc) is 2.98. The molecule has 76 valence electrons. The molecule has 0 spiro atoms. The molecule has 0 amide bonds. The number of ketones is 2. The molecule has 2 saturated carbocycles. The zero-order valence-corrected chi connectivity index (χ0v) is 8.58. The molecule has 0 aromatic heterocycles. The van der Waals surface area contributed by atoms with Crippen molar-refractivity contribution in [1.82, 2.24) is 0 Å². The summed E-state index contributed by atoms with van der Waals surface area (Å²) in [6.07, 6.45) is 3.86. The lowest BCUT2D eigenvalue weighted by molar-refractivity contribution is -0.126. The van der Waals surface area contributed by atoms with Gasteiger partial charge in [0, 0.05) is 11.8 Å². The van der Waals surface area contributed by atoms with E-state index in [1.165, 1.54) is 0 Å². The highest BCUT2D eigenvalue weighted by Gasteiger charge is 2.44. The quantitative estimate of drug-likeness (QED) is 0.624. The van der Waals surface area contributed by atoms with E-state index in [0.29, 0.717) is 5.92 Å². The number of hydrogen-bond acceptors (Lipinski definition) is 2. The van der Waals surface area contributed by atoms with Crippen LogP contribution in [0, 0.1) is 30.6 Å². The minimum absolute atomic E-state index is 0.0874. The SMILES string of the molecule is [CH2]C(C)[C](C(=O)C1CC1)C(=O)C1CC1. The number of Topliss-reactive ketones (excluding diaryl/α,β-unsaturated/α-hetero) is 2. The van der Waals surface area contributed by atoms with E-state index in [1.54, 1.807) is 0 Å². The molecular weight excluding hydrogens is 176 g/mol. The monoisotopic (exact) mass is 192 g/mol. The Labute approximate surface area is 85.1 Å². The predicted molar refractivity (Wildman–Crippen MR) is 53.2 cm³/mol. The van der Waals surface area contributed by atoms with Gasteiger partial charge in [0.1, 0.15) is 5.92 Å². The molecule has 0 heterocycles. The maximum Gasteiger partial charge on any atom is 0.151 e. The molecule has 0 aliphatic heterocycles. The fraction of sp³-hybridized carbons (Fsp3) is 0.667. The van der Waals surface area contributed by atoms with Crippen LogP contribution in [-0.2, 0) is 9.59 Å². The fourth-order valence-electron chi connectivity index (χ4n) is 1.74. The molecule has 0 N–H and O–H groups in total. The molecule has 2 nitrogen and oxygen atoms in total. The van der Waals surface area contributed by atoms with Crippen LogP contribution < -0.4 is 0 Å². The third kappa shape index (κ3) is 1.89. The van der Waals surface area contributed by atoms with E-state index in [0.717, 1.165) is 25.7 Å². The molecule has 1 unspecified atom stereocenters. The van der Waals surface area contributed by atoms with Gasteiger partial charge in [-0.05, 0) is 38.5 Å². The summed E-state index contributed by atoms with van der Waals surface area (Å²) in [6, 6.07) is 0. The summed E-state index contributed by atoms with van der Waals surface area (Å²) in [4.78, 5) is 23.6. The first-order valence-corrected chi connectivity index (χ1v) is 5.39. The first-order chi connectivity index (χ1) is 6.61. The first kappa shape index (κ1) is 9.88. The fourth-order valence-corrected chi connectivity index (χ4v) is 1.74. The van der Waals surface area contributed by atoms with E-state index < -0.39 is 0 Å². The van der Waals surface area contributed by atoms with Gasteiger partial charge in [-0.15, -0.1) is 0 Å². The zero-order chi connectivity index (χ0) is 10.3. The largest absolute Gasteiger partial charge is 0.298 e. The van der Waals surface area contributed by atoms with E-state index in [4.69, 9.17) is 0 Å². The summed E-state index contributed by atoms with van der Waals surface area (Å²) in [6.45, 7) is 5.67. The van der Waals surface area contributed by atoms with Crippen molar-refractivity contribution in [3.8, 4) is 0 Å². The minimum Gasteiger partial charge on any atom is -0.298 e. The van der Waals surface area contributed by atoms with Gasteiger partial charge >= 0.3 is 0 Å². The van der Waals surface area contributed by atoms with Crippen molar-refractivity contribution >= 4 is 11.6 Å². The van der Waals surface area contributed by atoms with Gasteiger partial charge in [0.2, 0.25) is 0 Å². The zero-order valence-electron chi connectivity index (χ0n) is 8.58. The standard InChI is InChI=1S/C12H16O2/c1-7(2)10(11(13)8-3-4-8)12(14)9-5-6-9/h7-9H,1,3-6H2,2H3. The molecule has 0 saturated heterocycles. The van der Waals surface area contributed by atoms with Crippen LogP contribution in [0.2, 0.25) is 0 Å². The van der Waals surface area contributed by atoms with Crippen LogP contribution in [0.4, 0.5) is 0 Å². The van der Waals surface area contributed by atoms with E-state index in [1.807, 2.05) is 6.92 Å². The molecule has 2 heteroatoms. The topological polar surface area (TPSA) is 34.1 Å². The van der Waals surface area contributed by atoms with Crippen LogP contribution in [0.1, 0.15) is 32.6 Å². The average molecular weight is 192 g/mol. The van der Waals surface area contributed by atoms with Crippen molar-refractivity contribution in [2.24, 2.45) is 17.8 Å². The number of carbonyl (C=O) groups excluding carboxylic acids is 2. The van der Waals surface area contributed by atoms with Crippen molar-refractivity contribution in [1.29, 1.82) is 0 Å². The van der Waals surface area contributed by atoms with Crippen molar-refractivity contribution < 1.29 is 9.59 Å². The Morgan fingerprint density at radius 1 is 1.07 bits per heavy atom. The van der Waals surface area contributed by atoms with Crippen LogP contribution >= 0.6 is 0 Å². The molecular formula is C12H16O2. The van der Waals surface area contributed by atoms with Gasteiger partial charge in [-0.3, -0.25) is 9.59 Å². The highest BCUT2D eigenvalue weighted by molar-refractivity contribution is 6.19. The summed E-state index contributed by atoms with van der Waals surface area (Å²) < 4.78 is 0. The van der Waals surface area contributed by atoms with Gasteiger partial charge in [0.05, 0.1) is 0 Å². The molecule has 1 atom stereocenters. The van der Waals surface area contributed by atoms with Gasteiger partial charge < -0.3 is 0 Å². The Morgan fingerprint density at radius 2 is 1.43 bits per heavy atom. The second-order valence-corrected chi connectivity index (χ2v) is 4.59. The van der Waals surface area contributed by atoms with Crippen molar-refractivity contribution in [3.63, 3.8) is 0 Å². The van der Waals surface area contributed by atoms with E-state index in [9.17, 15) is 9.59 Å².